The summed E-state index contributed by atoms with van der Waals surface area (Å²) in [5.74, 6) is -1.96. The van der Waals surface area contributed by atoms with Crippen LogP contribution in [0.3, 0.4) is 0 Å². The number of aliphatic carboxylic acids is 1. The Balaban J connectivity index is 2.25. The van der Waals surface area contributed by atoms with Gasteiger partial charge in [0.25, 0.3) is 0 Å². The van der Waals surface area contributed by atoms with E-state index in [1.54, 1.807) is 19.9 Å². The second-order valence-electron chi connectivity index (χ2n) is 6.23. The first kappa shape index (κ1) is 18.2. The number of hydrogen-bond acceptors (Lipinski definition) is 4. The average Bonchev–Trinajstić information content (AvgIpc) is 2.86. The quantitative estimate of drug-likeness (QED) is 0.800. The zero-order valence-electron chi connectivity index (χ0n) is 14.4. The van der Waals surface area contributed by atoms with Crippen molar-refractivity contribution in [2.24, 2.45) is 0 Å². The van der Waals surface area contributed by atoms with Gasteiger partial charge in [0, 0.05) is 28.6 Å². The van der Waals surface area contributed by atoms with Crippen molar-refractivity contribution >= 4 is 34.4 Å². The van der Waals surface area contributed by atoms with E-state index in [0.29, 0.717) is 32.8 Å². The van der Waals surface area contributed by atoms with Crippen LogP contribution in [0.1, 0.15) is 37.4 Å². The van der Waals surface area contributed by atoms with E-state index in [9.17, 15) is 19.5 Å². The molecule has 0 fully saturated rings. The number of fused-ring (bicyclic) bond motifs is 3. The van der Waals surface area contributed by atoms with Gasteiger partial charge in [-0.3, -0.25) is 9.59 Å². The van der Waals surface area contributed by atoms with E-state index in [1.807, 2.05) is 0 Å². The summed E-state index contributed by atoms with van der Waals surface area (Å²) in [7, 11) is 0. The number of halogens is 1. The molecule has 1 aliphatic rings. The summed E-state index contributed by atoms with van der Waals surface area (Å²) < 4.78 is 5.10. The molecule has 7 heteroatoms. The van der Waals surface area contributed by atoms with E-state index in [4.69, 9.17) is 16.3 Å². The second-order valence-corrected chi connectivity index (χ2v) is 6.66. The number of carboxylic acid groups (broad SMARTS) is 1. The number of carbonyl (C=O) groups is 2. The summed E-state index contributed by atoms with van der Waals surface area (Å²) in [5.41, 5.74) is 2.61. The normalized spacial score (nSPS) is 16.5. The van der Waals surface area contributed by atoms with Crippen LogP contribution in [-0.4, -0.2) is 28.6 Å². The molecule has 0 radical (unpaired) electrons. The van der Waals surface area contributed by atoms with Gasteiger partial charge in [-0.15, -0.1) is 0 Å². The molecular weight excluding hydrogens is 358 g/mol. The van der Waals surface area contributed by atoms with Crippen molar-refractivity contribution < 1.29 is 19.4 Å². The highest BCUT2D eigenvalue weighted by Crippen LogP contribution is 2.41. The number of aromatic nitrogens is 1. The number of aromatic amines is 1. The Kier molecular flexibility index (Phi) is 4.87. The first-order valence-corrected chi connectivity index (χ1v) is 8.66. The molecule has 2 aromatic rings. The van der Waals surface area contributed by atoms with E-state index in [-0.39, 0.29) is 24.9 Å². The van der Waals surface area contributed by atoms with Gasteiger partial charge in [0.15, 0.2) is 5.43 Å². The summed E-state index contributed by atoms with van der Waals surface area (Å²) in [6, 6.07) is 4.58. The highest BCUT2D eigenvalue weighted by Gasteiger charge is 2.33. The largest absolute Gasteiger partial charge is 0.481 e. The van der Waals surface area contributed by atoms with E-state index in [1.165, 1.54) is 12.1 Å². The lowest BCUT2D eigenvalue weighted by molar-refractivity contribution is -0.138. The lowest BCUT2D eigenvalue weighted by Crippen LogP contribution is -2.22. The Bertz CT molecular complexity index is 1000. The fraction of sp³-hybridized carbons (Fsp3) is 0.316. The fourth-order valence-corrected chi connectivity index (χ4v) is 3.75. The Hall–Kier alpha value is -2.60. The Labute approximate surface area is 154 Å². The maximum Gasteiger partial charge on any atom is 0.334 e. The molecule has 6 nitrogen and oxygen atoms in total. The van der Waals surface area contributed by atoms with Crippen LogP contribution < -0.4 is 5.43 Å². The highest BCUT2D eigenvalue weighted by atomic mass is 35.5. The van der Waals surface area contributed by atoms with Gasteiger partial charge in [-0.25, -0.2) is 4.79 Å². The first-order chi connectivity index (χ1) is 12.3. The molecule has 3 rings (SSSR count). The highest BCUT2D eigenvalue weighted by molar-refractivity contribution is 6.31. The molecule has 0 saturated heterocycles. The van der Waals surface area contributed by atoms with Crippen LogP contribution in [0.5, 0.6) is 0 Å². The zero-order valence-corrected chi connectivity index (χ0v) is 15.1. The number of rotatable bonds is 4. The molecule has 0 aliphatic heterocycles. The van der Waals surface area contributed by atoms with Gasteiger partial charge in [0.2, 0.25) is 0 Å². The average molecular weight is 376 g/mol. The molecular formula is C19H18ClNO5. The number of H-pyrrole nitrogens is 1. The molecule has 0 saturated carbocycles. The molecule has 0 bridgehead atoms. The minimum Gasteiger partial charge on any atom is -0.481 e. The van der Waals surface area contributed by atoms with Crippen LogP contribution in [0.25, 0.3) is 10.9 Å². The molecule has 1 aromatic carbocycles. The summed E-state index contributed by atoms with van der Waals surface area (Å²) in [6.45, 7) is 3.70. The Morgan fingerprint density at radius 1 is 1.38 bits per heavy atom. The molecule has 1 heterocycles. The number of carbonyl (C=O) groups excluding carboxylic acids is 1. The van der Waals surface area contributed by atoms with Gasteiger partial charge in [-0.05, 0) is 36.3 Å². The van der Waals surface area contributed by atoms with Gasteiger partial charge < -0.3 is 14.8 Å². The third-order valence-electron chi connectivity index (χ3n) is 4.63. The van der Waals surface area contributed by atoms with E-state index >= 15 is 0 Å². The maximum atomic E-state index is 12.6. The molecule has 1 atom stereocenters. The number of esters is 1. The minimum atomic E-state index is -1.03. The van der Waals surface area contributed by atoms with Crippen molar-refractivity contribution in [2.45, 2.75) is 32.6 Å². The van der Waals surface area contributed by atoms with Crippen LogP contribution in [0, 0.1) is 0 Å². The van der Waals surface area contributed by atoms with Crippen molar-refractivity contribution in [1.29, 1.82) is 0 Å². The molecule has 0 amide bonds. The van der Waals surface area contributed by atoms with Gasteiger partial charge in [0.1, 0.15) is 0 Å². The number of ether oxygens (including phenoxy) is 1. The smallest absolute Gasteiger partial charge is 0.334 e. The standard InChI is InChI=1S/C19H18ClNO5/c1-3-26-19(25)12-7-14-17(9(2)11(12)8-16(23)24)18-13(21-14)6-10(20)4-5-15(18)22/h4-6,9,21H,3,7-8H2,1-2H3,(H,23,24). The number of hydrogen-bond donors (Lipinski definition) is 2. The van der Waals surface area contributed by atoms with Crippen LogP contribution in [-0.2, 0) is 20.7 Å². The molecule has 26 heavy (non-hydrogen) atoms. The van der Waals surface area contributed by atoms with Crippen molar-refractivity contribution in [3.63, 3.8) is 0 Å². The molecule has 1 aromatic heterocycles. The van der Waals surface area contributed by atoms with E-state index in [0.717, 1.165) is 5.56 Å². The molecule has 136 valence electrons. The Morgan fingerprint density at radius 3 is 2.77 bits per heavy atom. The van der Waals surface area contributed by atoms with Crippen molar-refractivity contribution in [3.05, 3.63) is 55.8 Å². The summed E-state index contributed by atoms with van der Waals surface area (Å²) in [6.07, 6.45) is -0.0914. The third-order valence-corrected chi connectivity index (χ3v) is 4.87. The lowest BCUT2D eigenvalue weighted by atomic mass is 9.79. The van der Waals surface area contributed by atoms with E-state index < -0.39 is 17.9 Å². The predicted molar refractivity (Wildman–Crippen MR) is 97.6 cm³/mol. The van der Waals surface area contributed by atoms with Crippen molar-refractivity contribution in [3.8, 4) is 0 Å². The molecule has 2 N–H and O–H groups in total. The SMILES string of the molecule is CCOC(=O)C1=C(CC(=O)O)C(C)c2c([nH]c3cc(Cl)ccc(=O)c23)C1. The molecule has 0 spiro atoms. The number of nitrogens with one attached hydrogen (secondary N) is 1. The third kappa shape index (κ3) is 3.12. The van der Waals surface area contributed by atoms with Crippen molar-refractivity contribution in [1.82, 2.24) is 4.98 Å². The topological polar surface area (TPSA) is 96.5 Å². The van der Waals surface area contributed by atoms with Gasteiger partial charge in [0.05, 0.1) is 23.9 Å². The summed E-state index contributed by atoms with van der Waals surface area (Å²) in [4.78, 5) is 39.4. The predicted octanol–water partition coefficient (Wildman–Crippen LogP) is 3.18. The van der Waals surface area contributed by atoms with Gasteiger partial charge in [-0.1, -0.05) is 18.5 Å². The summed E-state index contributed by atoms with van der Waals surface area (Å²) >= 11 is 6.07. The maximum absolute atomic E-state index is 12.6. The number of carboxylic acids is 1. The minimum absolute atomic E-state index is 0.191. The van der Waals surface area contributed by atoms with Crippen LogP contribution >= 0.6 is 11.6 Å². The van der Waals surface area contributed by atoms with Crippen LogP contribution in [0.15, 0.2) is 34.1 Å². The van der Waals surface area contributed by atoms with Crippen molar-refractivity contribution in [2.75, 3.05) is 6.61 Å². The van der Waals surface area contributed by atoms with Crippen LogP contribution in [0.2, 0.25) is 5.02 Å². The van der Waals surface area contributed by atoms with E-state index in [2.05, 4.69) is 4.98 Å². The van der Waals surface area contributed by atoms with Gasteiger partial charge >= 0.3 is 11.9 Å². The first-order valence-electron chi connectivity index (χ1n) is 8.28. The lowest BCUT2D eigenvalue weighted by Gasteiger charge is -2.25. The Morgan fingerprint density at radius 2 is 2.12 bits per heavy atom. The molecule has 1 aliphatic carbocycles. The second kappa shape index (κ2) is 6.96. The summed E-state index contributed by atoms with van der Waals surface area (Å²) in [5, 5.41) is 10.2. The zero-order chi connectivity index (χ0) is 19.0. The van der Waals surface area contributed by atoms with Gasteiger partial charge in [-0.2, -0.15) is 0 Å². The monoisotopic (exact) mass is 375 g/mol. The fourth-order valence-electron chi connectivity index (χ4n) is 3.57. The van der Waals surface area contributed by atoms with Crippen LogP contribution in [0.4, 0.5) is 0 Å². The molecule has 1 unspecified atom stereocenters.